The van der Waals surface area contributed by atoms with Gasteiger partial charge in [-0.15, -0.1) is 0 Å². The minimum Gasteiger partial charge on any atom is -0.506 e. The maximum Gasteiger partial charge on any atom is 0.300 e. The van der Waals surface area contributed by atoms with Gasteiger partial charge in [0, 0.05) is 5.69 Å². The number of anilines is 1. The van der Waals surface area contributed by atoms with E-state index in [0.717, 1.165) is 0 Å². The quantitative estimate of drug-likeness (QED) is 0.508. The summed E-state index contributed by atoms with van der Waals surface area (Å²) in [5.74, 6) is -0.839. The molecule has 0 unspecified atom stereocenters. The van der Waals surface area contributed by atoms with Crippen molar-refractivity contribution in [1.82, 2.24) is 0 Å². The molecule has 0 aliphatic rings. The molecule has 0 saturated heterocycles. The van der Waals surface area contributed by atoms with Crippen molar-refractivity contribution in [2.75, 3.05) is 5.32 Å². The van der Waals surface area contributed by atoms with E-state index in [9.17, 15) is 20.0 Å². The SMILES string of the molecule is O=C(Nc1ccc(O)c(Cl)c1)c1cccc(Cl)c1[N+](=O)[O-]. The van der Waals surface area contributed by atoms with E-state index in [0.29, 0.717) is 0 Å². The lowest BCUT2D eigenvalue weighted by Gasteiger charge is -2.07. The molecule has 1 amide bonds. The highest BCUT2D eigenvalue weighted by Gasteiger charge is 2.23. The average molecular weight is 327 g/mol. The Morgan fingerprint density at radius 1 is 1.19 bits per heavy atom. The van der Waals surface area contributed by atoms with Gasteiger partial charge in [0.15, 0.2) is 0 Å². The van der Waals surface area contributed by atoms with Gasteiger partial charge < -0.3 is 10.4 Å². The standard InChI is InChI=1S/C13H8Cl2N2O4/c14-9-3-1-2-8(12(9)17(20)21)13(19)16-7-4-5-11(18)10(15)6-7/h1-6,18H,(H,16,19). The first-order chi connectivity index (χ1) is 9.90. The molecule has 0 aliphatic carbocycles. The predicted molar refractivity (Wildman–Crippen MR) is 79.2 cm³/mol. The maximum atomic E-state index is 12.1. The molecule has 0 aromatic heterocycles. The van der Waals surface area contributed by atoms with Crippen molar-refractivity contribution in [3.05, 3.63) is 62.1 Å². The Morgan fingerprint density at radius 3 is 2.52 bits per heavy atom. The molecule has 2 N–H and O–H groups in total. The number of carbonyl (C=O) groups is 1. The maximum absolute atomic E-state index is 12.1. The van der Waals surface area contributed by atoms with Gasteiger partial charge in [0.2, 0.25) is 0 Å². The average Bonchev–Trinajstić information content (AvgIpc) is 2.42. The second-order valence-corrected chi connectivity index (χ2v) is 4.83. The van der Waals surface area contributed by atoms with Gasteiger partial charge in [0.05, 0.1) is 9.95 Å². The van der Waals surface area contributed by atoms with Crippen LogP contribution in [-0.4, -0.2) is 15.9 Å². The number of nitro groups is 1. The number of rotatable bonds is 3. The van der Waals surface area contributed by atoms with Crippen LogP contribution in [-0.2, 0) is 0 Å². The number of carbonyl (C=O) groups excluding carboxylic acids is 1. The summed E-state index contributed by atoms with van der Waals surface area (Å²) in [6.07, 6.45) is 0. The van der Waals surface area contributed by atoms with E-state index in [1.54, 1.807) is 0 Å². The van der Waals surface area contributed by atoms with Gasteiger partial charge in [0.25, 0.3) is 5.91 Å². The largest absolute Gasteiger partial charge is 0.506 e. The lowest BCUT2D eigenvalue weighted by molar-refractivity contribution is -0.385. The summed E-state index contributed by atoms with van der Waals surface area (Å²) in [7, 11) is 0. The minimum atomic E-state index is -0.721. The fourth-order valence-corrected chi connectivity index (χ4v) is 2.09. The zero-order chi connectivity index (χ0) is 15.6. The third-order valence-electron chi connectivity index (χ3n) is 2.62. The lowest BCUT2D eigenvalue weighted by atomic mass is 10.1. The van der Waals surface area contributed by atoms with E-state index < -0.39 is 16.5 Å². The zero-order valence-electron chi connectivity index (χ0n) is 10.3. The molecule has 8 heteroatoms. The van der Waals surface area contributed by atoms with Crippen LogP contribution in [0.5, 0.6) is 5.75 Å². The van der Waals surface area contributed by atoms with E-state index in [2.05, 4.69) is 5.32 Å². The van der Waals surface area contributed by atoms with Crippen molar-refractivity contribution in [1.29, 1.82) is 0 Å². The molecule has 0 bridgehead atoms. The first-order valence-corrected chi connectivity index (χ1v) is 6.38. The van der Waals surface area contributed by atoms with Crippen LogP contribution in [0.15, 0.2) is 36.4 Å². The number of hydrogen-bond donors (Lipinski definition) is 2. The summed E-state index contributed by atoms with van der Waals surface area (Å²) in [6, 6.07) is 8.09. The second-order valence-electron chi connectivity index (χ2n) is 4.01. The van der Waals surface area contributed by atoms with Crippen molar-refractivity contribution < 1.29 is 14.8 Å². The van der Waals surface area contributed by atoms with Crippen LogP contribution in [0.3, 0.4) is 0 Å². The fourth-order valence-electron chi connectivity index (χ4n) is 1.67. The van der Waals surface area contributed by atoms with E-state index in [1.807, 2.05) is 0 Å². The number of nitrogens with zero attached hydrogens (tertiary/aromatic N) is 1. The highest BCUT2D eigenvalue weighted by molar-refractivity contribution is 6.33. The van der Waals surface area contributed by atoms with E-state index in [1.165, 1.54) is 36.4 Å². The Labute approximate surface area is 129 Å². The molecule has 108 valence electrons. The van der Waals surface area contributed by atoms with Crippen LogP contribution >= 0.6 is 23.2 Å². The van der Waals surface area contributed by atoms with Gasteiger partial charge in [-0.3, -0.25) is 14.9 Å². The Kier molecular flexibility index (Phi) is 4.30. The van der Waals surface area contributed by atoms with Crippen molar-refractivity contribution in [2.24, 2.45) is 0 Å². The van der Waals surface area contributed by atoms with E-state index in [4.69, 9.17) is 23.2 Å². The van der Waals surface area contributed by atoms with Crippen LogP contribution in [0, 0.1) is 10.1 Å². The number of phenolic OH excluding ortho intramolecular Hbond substituents is 1. The molecular formula is C13H8Cl2N2O4. The Bertz CT molecular complexity index is 734. The first kappa shape index (κ1) is 15.1. The van der Waals surface area contributed by atoms with Gasteiger partial charge in [-0.2, -0.15) is 0 Å². The van der Waals surface area contributed by atoms with Crippen LogP contribution in [0.1, 0.15) is 10.4 Å². The second kappa shape index (κ2) is 5.99. The third-order valence-corrected chi connectivity index (χ3v) is 3.23. The summed E-state index contributed by atoms with van der Waals surface area (Å²) in [5.41, 5.74) is -0.352. The Balaban J connectivity index is 2.35. The molecule has 6 nitrogen and oxygen atoms in total. The van der Waals surface area contributed by atoms with Gasteiger partial charge in [0.1, 0.15) is 16.3 Å². The molecular weight excluding hydrogens is 319 g/mol. The normalized spacial score (nSPS) is 10.2. The van der Waals surface area contributed by atoms with Gasteiger partial charge in [-0.1, -0.05) is 29.3 Å². The number of para-hydroxylation sites is 1. The number of nitro benzene ring substituents is 1. The lowest BCUT2D eigenvalue weighted by Crippen LogP contribution is -2.14. The third kappa shape index (κ3) is 3.24. The Morgan fingerprint density at radius 2 is 1.90 bits per heavy atom. The molecule has 0 atom stereocenters. The minimum absolute atomic E-state index is 0.0494. The fraction of sp³-hybridized carbons (Fsp3) is 0. The van der Waals surface area contributed by atoms with Gasteiger partial charge in [-0.25, -0.2) is 0 Å². The molecule has 2 aromatic carbocycles. The van der Waals surface area contributed by atoms with Crippen molar-refractivity contribution >= 4 is 40.5 Å². The number of aromatic hydroxyl groups is 1. The van der Waals surface area contributed by atoms with Gasteiger partial charge in [-0.05, 0) is 30.3 Å². The molecule has 2 aromatic rings. The number of benzene rings is 2. The monoisotopic (exact) mass is 326 g/mol. The molecule has 0 heterocycles. The molecule has 0 saturated carbocycles. The number of halogens is 2. The summed E-state index contributed by atoms with van der Waals surface area (Å²) < 4.78 is 0. The van der Waals surface area contributed by atoms with Crippen LogP contribution in [0.2, 0.25) is 10.0 Å². The number of hydrogen-bond acceptors (Lipinski definition) is 4. The molecule has 21 heavy (non-hydrogen) atoms. The summed E-state index contributed by atoms with van der Waals surface area (Å²) in [6.45, 7) is 0. The molecule has 0 aliphatic heterocycles. The summed E-state index contributed by atoms with van der Waals surface area (Å²) in [5, 5.41) is 22.7. The smallest absolute Gasteiger partial charge is 0.300 e. The molecule has 0 fully saturated rings. The zero-order valence-corrected chi connectivity index (χ0v) is 11.9. The number of phenols is 1. The van der Waals surface area contributed by atoms with Crippen LogP contribution in [0.4, 0.5) is 11.4 Å². The van der Waals surface area contributed by atoms with Crippen LogP contribution in [0.25, 0.3) is 0 Å². The highest BCUT2D eigenvalue weighted by Crippen LogP contribution is 2.30. The van der Waals surface area contributed by atoms with E-state index >= 15 is 0 Å². The van der Waals surface area contributed by atoms with E-state index in [-0.39, 0.29) is 27.0 Å². The number of nitrogens with one attached hydrogen (secondary N) is 1. The van der Waals surface area contributed by atoms with Crippen molar-refractivity contribution in [3.63, 3.8) is 0 Å². The first-order valence-electron chi connectivity index (χ1n) is 5.63. The number of amides is 1. The topological polar surface area (TPSA) is 92.5 Å². The highest BCUT2D eigenvalue weighted by atomic mass is 35.5. The molecule has 2 rings (SSSR count). The summed E-state index contributed by atoms with van der Waals surface area (Å²) >= 11 is 11.5. The van der Waals surface area contributed by atoms with Crippen LogP contribution < -0.4 is 5.32 Å². The Hall–Kier alpha value is -2.31. The van der Waals surface area contributed by atoms with Crippen molar-refractivity contribution in [3.8, 4) is 5.75 Å². The van der Waals surface area contributed by atoms with Crippen molar-refractivity contribution in [2.45, 2.75) is 0 Å². The predicted octanol–water partition coefficient (Wildman–Crippen LogP) is 3.86. The summed E-state index contributed by atoms with van der Waals surface area (Å²) in [4.78, 5) is 22.4. The molecule has 0 radical (unpaired) electrons. The van der Waals surface area contributed by atoms with Gasteiger partial charge >= 0.3 is 5.69 Å². The molecule has 0 spiro atoms.